The summed E-state index contributed by atoms with van der Waals surface area (Å²) in [5.41, 5.74) is 3.47. The fourth-order valence-electron chi connectivity index (χ4n) is 3.75. The van der Waals surface area contributed by atoms with Crippen molar-refractivity contribution < 1.29 is 9.84 Å². The van der Waals surface area contributed by atoms with Gasteiger partial charge in [0, 0.05) is 30.6 Å². The van der Waals surface area contributed by atoms with Crippen molar-refractivity contribution in [2.75, 3.05) is 13.7 Å². The second-order valence-corrected chi connectivity index (χ2v) is 6.66. The Labute approximate surface area is 138 Å². The number of aromatic nitrogens is 2. The van der Waals surface area contributed by atoms with Crippen LogP contribution in [0.25, 0.3) is 11.4 Å². The van der Waals surface area contributed by atoms with Gasteiger partial charge < -0.3 is 14.4 Å². The van der Waals surface area contributed by atoms with Gasteiger partial charge in [-0.2, -0.15) is 0 Å². The summed E-state index contributed by atoms with van der Waals surface area (Å²) >= 11 is 0. The van der Waals surface area contributed by atoms with Crippen LogP contribution in [0.2, 0.25) is 0 Å². The van der Waals surface area contributed by atoms with Crippen molar-refractivity contribution in [3.63, 3.8) is 0 Å². The number of aliphatic hydroxyl groups is 1. The molecule has 1 heterocycles. The quantitative estimate of drug-likeness (QED) is 0.931. The number of rotatable bonds is 4. The molecule has 4 nitrogen and oxygen atoms in total. The Bertz CT molecular complexity index is 678. The number of benzene rings is 1. The zero-order chi connectivity index (χ0) is 16.4. The van der Waals surface area contributed by atoms with E-state index in [0.717, 1.165) is 36.4 Å². The van der Waals surface area contributed by atoms with Crippen LogP contribution in [-0.2, 0) is 0 Å². The molecule has 23 heavy (non-hydrogen) atoms. The Kier molecular flexibility index (Phi) is 4.71. The van der Waals surface area contributed by atoms with Gasteiger partial charge in [0.1, 0.15) is 11.6 Å². The van der Waals surface area contributed by atoms with E-state index in [4.69, 9.17) is 4.74 Å². The van der Waals surface area contributed by atoms with Crippen molar-refractivity contribution in [2.24, 2.45) is 5.92 Å². The van der Waals surface area contributed by atoms with Crippen molar-refractivity contribution in [2.45, 2.75) is 45.6 Å². The van der Waals surface area contributed by atoms with Gasteiger partial charge in [-0.1, -0.05) is 6.42 Å². The highest BCUT2D eigenvalue weighted by Gasteiger charge is 2.25. The Morgan fingerprint density at radius 1 is 1.26 bits per heavy atom. The van der Waals surface area contributed by atoms with E-state index in [0.29, 0.717) is 18.6 Å². The van der Waals surface area contributed by atoms with E-state index in [1.165, 1.54) is 17.5 Å². The molecule has 0 aliphatic heterocycles. The maximum Gasteiger partial charge on any atom is 0.140 e. The van der Waals surface area contributed by atoms with Gasteiger partial charge in [-0.25, -0.2) is 4.98 Å². The summed E-state index contributed by atoms with van der Waals surface area (Å²) in [6, 6.07) is 4.68. The third kappa shape index (κ3) is 3.13. The standard InChI is InChI=1S/C19H26N2O2/c1-13-10-18(23-3)14(2)9-17(13)19-20-7-8-21(19)16-6-4-5-15(11-16)12-22/h7-10,15-16,22H,4-6,11-12H2,1-3H3/t15-,16+/m0/s1. The molecule has 1 aromatic heterocycles. The molecule has 1 saturated carbocycles. The topological polar surface area (TPSA) is 47.3 Å². The van der Waals surface area contributed by atoms with Crippen molar-refractivity contribution in [3.8, 4) is 17.1 Å². The minimum absolute atomic E-state index is 0.293. The van der Waals surface area contributed by atoms with Crippen LogP contribution in [0, 0.1) is 19.8 Å². The summed E-state index contributed by atoms with van der Waals surface area (Å²) in [6.45, 7) is 4.46. The molecular formula is C19H26N2O2. The predicted molar refractivity (Wildman–Crippen MR) is 91.8 cm³/mol. The van der Waals surface area contributed by atoms with Gasteiger partial charge in [-0.3, -0.25) is 0 Å². The Morgan fingerprint density at radius 3 is 2.83 bits per heavy atom. The first-order valence-electron chi connectivity index (χ1n) is 8.43. The molecule has 0 radical (unpaired) electrons. The number of aliphatic hydroxyl groups excluding tert-OH is 1. The molecule has 2 aromatic rings. The van der Waals surface area contributed by atoms with E-state index < -0.39 is 0 Å². The van der Waals surface area contributed by atoms with Crippen LogP contribution in [0.5, 0.6) is 5.75 Å². The molecule has 2 atom stereocenters. The minimum atomic E-state index is 0.293. The number of nitrogens with zero attached hydrogens (tertiary/aromatic N) is 2. The molecule has 1 aliphatic rings. The fourth-order valence-corrected chi connectivity index (χ4v) is 3.75. The molecule has 0 unspecified atom stereocenters. The summed E-state index contributed by atoms with van der Waals surface area (Å²) < 4.78 is 7.72. The summed E-state index contributed by atoms with van der Waals surface area (Å²) in [5, 5.41) is 9.49. The lowest BCUT2D eigenvalue weighted by molar-refractivity contribution is 0.163. The van der Waals surface area contributed by atoms with Gasteiger partial charge in [-0.05, 0) is 62.3 Å². The summed E-state index contributed by atoms with van der Waals surface area (Å²) in [5.74, 6) is 2.36. The average molecular weight is 314 g/mol. The summed E-state index contributed by atoms with van der Waals surface area (Å²) in [6.07, 6.45) is 8.48. The highest BCUT2D eigenvalue weighted by molar-refractivity contribution is 5.64. The van der Waals surface area contributed by atoms with Gasteiger partial charge >= 0.3 is 0 Å². The van der Waals surface area contributed by atoms with E-state index in [1.807, 2.05) is 6.20 Å². The molecule has 0 spiro atoms. The van der Waals surface area contributed by atoms with Gasteiger partial charge in [-0.15, -0.1) is 0 Å². The van der Waals surface area contributed by atoms with Crippen molar-refractivity contribution in [3.05, 3.63) is 35.7 Å². The monoisotopic (exact) mass is 314 g/mol. The van der Waals surface area contributed by atoms with Gasteiger partial charge in [0.05, 0.1) is 7.11 Å². The number of methoxy groups -OCH3 is 1. The van der Waals surface area contributed by atoms with E-state index in [-0.39, 0.29) is 0 Å². The summed E-state index contributed by atoms with van der Waals surface area (Å²) in [4.78, 5) is 4.63. The molecular weight excluding hydrogens is 288 g/mol. The number of aryl methyl sites for hydroxylation is 2. The van der Waals surface area contributed by atoms with Gasteiger partial charge in [0.15, 0.2) is 0 Å². The van der Waals surface area contributed by atoms with Crippen LogP contribution in [0.15, 0.2) is 24.5 Å². The molecule has 4 heteroatoms. The number of imidazole rings is 1. The lowest BCUT2D eigenvalue weighted by Gasteiger charge is -2.30. The second-order valence-electron chi connectivity index (χ2n) is 6.66. The van der Waals surface area contributed by atoms with E-state index >= 15 is 0 Å². The van der Waals surface area contributed by atoms with Gasteiger partial charge in [0.25, 0.3) is 0 Å². The SMILES string of the molecule is COc1cc(C)c(-c2nccn2[C@@H]2CCC[C@H](CO)C2)cc1C. The Morgan fingerprint density at radius 2 is 2.09 bits per heavy atom. The van der Waals surface area contributed by atoms with E-state index in [1.54, 1.807) is 7.11 Å². The maximum atomic E-state index is 9.49. The zero-order valence-corrected chi connectivity index (χ0v) is 14.2. The van der Waals surface area contributed by atoms with Crippen molar-refractivity contribution in [1.82, 2.24) is 9.55 Å². The molecule has 0 saturated heterocycles. The second kappa shape index (κ2) is 6.75. The Balaban J connectivity index is 1.96. The largest absolute Gasteiger partial charge is 0.496 e. The highest BCUT2D eigenvalue weighted by atomic mass is 16.5. The lowest BCUT2D eigenvalue weighted by atomic mass is 9.86. The van der Waals surface area contributed by atoms with Crippen molar-refractivity contribution in [1.29, 1.82) is 0 Å². The first-order chi connectivity index (χ1) is 11.1. The van der Waals surface area contributed by atoms with Crippen LogP contribution >= 0.6 is 0 Å². The highest BCUT2D eigenvalue weighted by Crippen LogP contribution is 2.36. The normalized spacial score (nSPS) is 21.4. The molecule has 1 aliphatic carbocycles. The van der Waals surface area contributed by atoms with Crippen LogP contribution < -0.4 is 4.74 Å². The zero-order valence-electron chi connectivity index (χ0n) is 14.2. The number of hydrogen-bond donors (Lipinski definition) is 1. The molecule has 0 bridgehead atoms. The number of ether oxygens (including phenoxy) is 1. The van der Waals surface area contributed by atoms with E-state index in [2.05, 4.69) is 41.7 Å². The van der Waals surface area contributed by atoms with Crippen LogP contribution in [0.1, 0.15) is 42.9 Å². The third-order valence-corrected chi connectivity index (χ3v) is 5.06. The van der Waals surface area contributed by atoms with Crippen molar-refractivity contribution >= 4 is 0 Å². The predicted octanol–water partition coefficient (Wildman–Crippen LogP) is 3.90. The average Bonchev–Trinajstić information content (AvgIpc) is 3.06. The Hall–Kier alpha value is -1.81. The molecule has 3 rings (SSSR count). The number of hydrogen-bond acceptors (Lipinski definition) is 3. The lowest BCUT2D eigenvalue weighted by Crippen LogP contribution is -2.21. The molecule has 1 aromatic carbocycles. The van der Waals surface area contributed by atoms with E-state index in [9.17, 15) is 5.11 Å². The minimum Gasteiger partial charge on any atom is -0.496 e. The van der Waals surface area contributed by atoms with Crippen LogP contribution in [-0.4, -0.2) is 28.4 Å². The summed E-state index contributed by atoms with van der Waals surface area (Å²) in [7, 11) is 1.71. The van der Waals surface area contributed by atoms with Gasteiger partial charge in [0.2, 0.25) is 0 Å². The smallest absolute Gasteiger partial charge is 0.140 e. The fraction of sp³-hybridized carbons (Fsp3) is 0.526. The first kappa shape index (κ1) is 16.1. The molecule has 1 fully saturated rings. The third-order valence-electron chi connectivity index (χ3n) is 5.06. The molecule has 124 valence electrons. The molecule has 0 amide bonds. The van der Waals surface area contributed by atoms with Crippen LogP contribution in [0.4, 0.5) is 0 Å². The van der Waals surface area contributed by atoms with Crippen LogP contribution in [0.3, 0.4) is 0 Å². The maximum absolute atomic E-state index is 9.49. The molecule has 1 N–H and O–H groups in total. The first-order valence-corrected chi connectivity index (χ1v) is 8.43.